The van der Waals surface area contributed by atoms with Crippen molar-refractivity contribution in [1.82, 2.24) is 0 Å². The van der Waals surface area contributed by atoms with E-state index in [1.807, 2.05) is 11.3 Å². The van der Waals surface area contributed by atoms with Crippen LogP contribution in [0.5, 0.6) is 0 Å². The minimum atomic E-state index is 1.22. The third kappa shape index (κ3) is 4.75. The number of hydrogen-bond acceptors (Lipinski definition) is 1. The molecule has 0 aliphatic heterocycles. The molecular formula is C52H32S. The fourth-order valence-electron chi connectivity index (χ4n) is 8.68. The van der Waals surface area contributed by atoms with Gasteiger partial charge in [0.05, 0.1) is 0 Å². The maximum atomic E-state index is 2.47. The van der Waals surface area contributed by atoms with E-state index in [-0.39, 0.29) is 0 Å². The van der Waals surface area contributed by atoms with Crippen LogP contribution in [-0.4, -0.2) is 0 Å². The summed E-state index contributed by atoms with van der Waals surface area (Å²) in [7, 11) is 0. The number of rotatable bonds is 4. The normalized spacial score (nSPS) is 11.8. The van der Waals surface area contributed by atoms with Gasteiger partial charge in [-0.2, -0.15) is 0 Å². The molecule has 0 aliphatic rings. The van der Waals surface area contributed by atoms with Crippen molar-refractivity contribution in [3.8, 4) is 44.5 Å². The average Bonchev–Trinajstić information content (AvgIpc) is 3.61. The van der Waals surface area contributed by atoms with E-state index in [0.29, 0.717) is 0 Å². The van der Waals surface area contributed by atoms with E-state index in [1.54, 1.807) is 0 Å². The Hall–Kier alpha value is -6.54. The fourth-order valence-corrected chi connectivity index (χ4v) is 9.92. The van der Waals surface area contributed by atoms with Gasteiger partial charge < -0.3 is 0 Å². The number of benzene rings is 10. The van der Waals surface area contributed by atoms with Gasteiger partial charge in [-0.3, -0.25) is 0 Å². The van der Waals surface area contributed by atoms with Gasteiger partial charge >= 0.3 is 0 Å². The average molecular weight is 689 g/mol. The van der Waals surface area contributed by atoms with E-state index in [1.165, 1.54) is 108 Å². The van der Waals surface area contributed by atoms with Gasteiger partial charge in [-0.1, -0.05) is 176 Å². The molecule has 1 aromatic heterocycles. The van der Waals surface area contributed by atoms with Crippen LogP contribution in [0, 0.1) is 0 Å². The smallest absolute Gasteiger partial charge is 0.0433 e. The third-order valence-electron chi connectivity index (χ3n) is 11.1. The summed E-state index contributed by atoms with van der Waals surface area (Å²) in [6.45, 7) is 0. The van der Waals surface area contributed by atoms with Crippen LogP contribution < -0.4 is 0 Å². The Kier molecular flexibility index (Phi) is 6.83. The van der Waals surface area contributed by atoms with Crippen LogP contribution in [0.1, 0.15) is 0 Å². The van der Waals surface area contributed by atoms with E-state index < -0.39 is 0 Å². The molecule has 53 heavy (non-hydrogen) atoms. The van der Waals surface area contributed by atoms with Crippen LogP contribution in [0.25, 0.3) is 108 Å². The van der Waals surface area contributed by atoms with Gasteiger partial charge in [-0.15, -0.1) is 11.3 Å². The van der Waals surface area contributed by atoms with Crippen molar-refractivity contribution in [3.05, 3.63) is 194 Å². The Bertz CT molecular complexity index is 3220. The molecule has 0 unspecified atom stereocenters. The fraction of sp³-hybridized carbons (Fsp3) is 0. The SMILES string of the molecule is c1cc(-c2cccc3ccccc23)cc(-c2c3ccccc3c(-c3cccc4ccccc34)c3ccc(-c4cccc5c4sc4ccccc45)cc23)c1. The first-order valence-electron chi connectivity index (χ1n) is 18.3. The Morgan fingerprint density at radius 3 is 1.57 bits per heavy atom. The van der Waals surface area contributed by atoms with Gasteiger partial charge in [0.1, 0.15) is 0 Å². The van der Waals surface area contributed by atoms with E-state index in [9.17, 15) is 0 Å². The molecule has 0 saturated carbocycles. The van der Waals surface area contributed by atoms with Crippen LogP contribution >= 0.6 is 11.3 Å². The van der Waals surface area contributed by atoms with E-state index in [0.717, 1.165) is 0 Å². The second-order valence-corrected chi connectivity index (χ2v) is 15.0. The van der Waals surface area contributed by atoms with E-state index in [2.05, 4.69) is 194 Å². The second kappa shape index (κ2) is 12.0. The quantitative estimate of drug-likeness (QED) is 0.162. The zero-order chi connectivity index (χ0) is 34.9. The van der Waals surface area contributed by atoms with Crippen molar-refractivity contribution in [3.63, 3.8) is 0 Å². The molecule has 0 radical (unpaired) electrons. The first-order chi connectivity index (χ1) is 26.3. The predicted molar refractivity (Wildman–Crippen MR) is 231 cm³/mol. The Labute approximate surface area is 311 Å². The highest BCUT2D eigenvalue weighted by Crippen LogP contribution is 2.48. The van der Waals surface area contributed by atoms with Crippen molar-refractivity contribution < 1.29 is 0 Å². The van der Waals surface area contributed by atoms with Crippen LogP contribution in [0.3, 0.4) is 0 Å². The summed E-state index contributed by atoms with van der Waals surface area (Å²) in [6, 6.07) is 71.8. The van der Waals surface area contributed by atoms with Crippen molar-refractivity contribution in [2.45, 2.75) is 0 Å². The maximum Gasteiger partial charge on any atom is 0.0433 e. The molecule has 246 valence electrons. The molecule has 0 amide bonds. The first-order valence-corrected chi connectivity index (χ1v) is 19.1. The number of thiophene rings is 1. The second-order valence-electron chi connectivity index (χ2n) is 14.0. The Morgan fingerprint density at radius 1 is 0.264 bits per heavy atom. The maximum absolute atomic E-state index is 2.47. The standard InChI is InChI=1S/C52H32S/c1-3-19-38-33(13-1)15-10-24-40(38)35-17-9-18-37(31-35)50-44-22-5-6-23-45(44)51(43-26-11-16-34-14-2-4-20-39(34)43)46-30-29-36(32-48(46)50)41-25-12-27-47-42-21-7-8-28-49(42)53-52(41)47/h1-32H. The van der Waals surface area contributed by atoms with E-state index in [4.69, 9.17) is 0 Å². The molecule has 11 rings (SSSR count). The zero-order valence-corrected chi connectivity index (χ0v) is 29.7. The lowest BCUT2D eigenvalue weighted by atomic mass is 9.83. The minimum absolute atomic E-state index is 1.22. The van der Waals surface area contributed by atoms with Gasteiger partial charge in [-0.25, -0.2) is 0 Å². The van der Waals surface area contributed by atoms with Crippen molar-refractivity contribution in [2.24, 2.45) is 0 Å². The van der Waals surface area contributed by atoms with Gasteiger partial charge in [0.2, 0.25) is 0 Å². The molecule has 1 heteroatoms. The van der Waals surface area contributed by atoms with E-state index >= 15 is 0 Å². The molecule has 11 aromatic rings. The zero-order valence-electron chi connectivity index (χ0n) is 28.9. The molecule has 0 N–H and O–H groups in total. The summed E-state index contributed by atoms with van der Waals surface area (Å²) in [4.78, 5) is 0. The lowest BCUT2D eigenvalue weighted by Gasteiger charge is -2.20. The lowest BCUT2D eigenvalue weighted by Crippen LogP contribution is -1.93. The Morgan fingerprint density at radius 2 is 0.774 bits per heavy atom. The van der Waals surface area contributed by atoms with Gasteiger partial charge in [0, 0.05) is 20.2 Å². The van der Waals surface area contributed by atoms with Crippen LogP contribution in [0.4, 0.5) is 0 Å². The molecule has 0 bridgehead atoms. The van der Waals surface area contributed by atoms with Gasteiger partial charge in [-0.05, 0) is 106 Å². The molecule has 0 fully saturated rings. The molecule has 0 saturated heterocycles. The lowest BCUT2D eigenvalue weighted by molar-refractivity contribution is 1.63. The monoisotopic (exact) mass is 688 g/mol. The Balaban J connectivity index is 1.25. The molecule has 1 heterocycles. The topological polar surface area (TPSA) is 0 Å². The molecule has 0 spiro atoms. The van der Waals surface area contributed by atoms with Crippen LogP contribution in [0.15, 0.2) is 194 Å². The highest BCUT2D eigenvalue weighted by atomic mass is 32.1. The molecule has 10 aromatic carbocycles. The minimum Gasteiger partial charge on any atom is -0.135 e. The predicted octanol–water partition coefficient (Wildman–Crippen LogP) is 15.3. The van der Waals surface area contributed by atoms with Crippen molar-refractivity contribution >= 4 is 74.6 Å². The first kappa shape index (κ1) is 30.1. The summed E-state index contributed by atoms with van der Waals surface area (Å²) < 4.78 is 2.66. The number of fused-ring (bicyclic) bond motifs is 7. The third-order valence-corrected chi connectivity index (χ3v) is 12.3. The highest BCUT2D eigenvalue weighted by molar-refractivity contribution is 7.26. The molecule has 0 nitrogen and oxygen atoms in total. The van der Waals surface area contributed by atoms with Crippen molar-refractivity contribution in [2.75, 3.05) is 0 Å². The summed E-state index contributed by atoms with van der Waals surface area (Å²) in [6.07, 6.45) is 0. The summed E-state index contributed by atoms with van der Waals surface area (Å²) >= 11 is 1.89. The van der Waals surface area contributed by atoms with Gasteiger partial charge in [0.25, 0.3) is 0 Å². The summed E-state index contributed by atoms with van der Waals surface area (Å²) in [5, 5.41) is 12.7. The van der Waals surface area contributed by atoms with Crippen LogP contribution in [0.2, 0.25) is 0 Å². The summed E-state index contributed by atoms with van der Waals surface area (Å²) in [5.74, 6) is 0. The van der Waals surface area contributed by atoms with Crippen molar-refractivity contribution in [1.29, 1.82) is 0 Å². The molecule has 0 atom stereocenters. The molecule has 0 aliphatic carbocycles. The molecular weight excluding hydrogens is 657 g/mol. The number of hydrogen-bond donors (Lipinski definition) is 0. The summed E-state index contributed by atoms with van der Waals surface area (Å²) in [5.41, 5.74) is 10.0. The largest absolute Gasteiger partial charge is 0.135 e. The van der Waals surface area contributed by atoms with Crippen LogP contribution in [-0.2, 0) is 0 Å². The van der Waals surface area contributed by atoms with Gasteiger partial charge in [0.15, 0.2) is 0 Å². The highest BCUT2D eigenvalue weighted by Gasteiger charge is 2.20.